The molecule has 0 aromatic heterocycles. The van der Waals surface area contributed by atoms with E-state index in [-0.39, 0.29) is 11.9 Å². The fourth-order valence-electron chi connectivity index (χ4n) is 2.13. The largest absolute Gasteiger partial charge is 0.391 e. The molecule has 1 fully saturated rings. The van der Waals surface area contributed by atoms with Crippen molar-refractivity contribution in [3.8, 4) is 0 Å². The SMILES string of the molecule is CNC(=O)c1ccc(CNC(=O)N2CC[C@@H](O)C2)cc1. The Balaban J connectivity index is 1.85. The van der Waals surface area contributed by atoms with Gasteiger partial charge in [0.15, 0.2) is 0 Å². The Bertz CT molecular complexity index is 487. The number of likely N-dealkylation sites (tertiary alicyclic amines) is 1. The van der Waals surface area contributed by atoms with Crippen LogP contribution in [0.15, 0.2) is 24.3 Å². The summed E-state index contributed by atoms with van der Waals surface area (Å²) in [5.74, 6) is -0.133. The standard InChI is InChI=1S/C14H19N3O3/c1-15-13(19)11-4-2-10(3-5-11)8-16-14(20)17-7-6-12(18)9-17/h2-5,12,18H,6-9H2,1H3,(H,15,19)(H,16,20)/t12-/m1/s1. The molecule has 1 saturated heterocycles. The van der Waals surface area contributed by atoms with Crippen molar-refractivity contribution in [1.82, 2.24) is 15.5 Å². The third-order valence-electron chi connectivity index (χ3n) is 3.34. The van der Waals surface area contributed by atoms with Crippen molar-refractivity contribution in [2.75, 3.05) is 20.1 Å². The van der Waals surface area contributed by atoms with E-state index >= 15 is 0 Å². The first-order chi connectivity index (χ1) is 9.60. The van der Waals surface area contributed by atoms with Crippen molar-refractivity contribution in [2.45, 2.75) is 19.1 Å². The van der Waals surface area contributed by atoms with Crippen LogP contribution in [0.1, 0.15) is 22.3 Å². The van der Waals surface area contributed by atoms with E-state index in [1.54, 1.807) is 24.1 Å². The summed E-state index contributed by atoms with van der Waals surface area (Å²) in [6.45, 7) is 1.38. The highest BCUT2D eigenvalue weighted by molar-refractivity contribution is 5.93. The van der Waals surface area contributed by atoms with Crippen LogP contribution in [0.2, 0.25) is 0 Å². The zero-order valence-electron chi connectivity index (χ0n) is 11.4. The van der Waals surface area contributed by atoms with Crippen molar-refractivity contribution < 1.29 is 14.7 Å². The summed E-state index contributed by atoms with van der Waals surface area (Å²) >= 11 is 0. The summed E-state index contributed by atoms with van der Waals surface area (Å²) in [4.78, 5) is 24.8. The number of hydrogen-bond donors (Lipinski definition) is 3. The molecule has 0 unspecified atom stereocenters. The number of urea groups is 1. The van der Waals surface area contributed by atoms with E-state index in [2.05, 4.69) is 10.6 Å². The second-order valence-electron chi connectivity index (χ2n) is 4.82. The van der Waals surface area contributed by atoms with Crippen molar-refractivity contribution in [3.63, 3.8) is 0 Å². The molecule has 1 aromatic carbocycles. The van der Waals surface area contributed by atoms with Gasteiger partial charge in [-0.2, -0.15) is 0 Å². The lowest BCUT2D eigenvalue weighted by molar-refractivity contribution is 0.0963. The number of carbonyl (C=O) groups excluding carboxylic acids is 2. The first kappa shape index (κ1) is 14.3. The highest BCUT2D eigenvalue weighted by Gasteiger charge is 2.24. The summed E-state index contributed by atoms with van der Waals surface area (Å²) < 4.78 is 0. The van der Waals surface area contributed by atoms with E-state index in [4.69, 9.17) is 0 Å². The number of nitrogens with zero attached hydrogens (tertiary/aromatic N) is 1. The number of aliphatic hydroxyl groups excluding tert-OH is 1. The lowest BCUT2D eigenvalue weighted by Gasteiger charge is -2.16. The maximum atomic E-state index is 11.8. The average Bonchev–Trinajstić information content (AvgIpc) is 2.91. The normalized spacial score (nSPS) is 17.9. The maximum Gasteiger partial charge on any atom is 0.317 e. The van der Waals surface area contributed by atoms with Gasteiger partial charge in [0.2, 0.25) is 0 Å². The summed E-state index contributed by atoms with van der Waals surface area (Å²) in [6, 6.07) is 6.89. The fourth-order valence-corrected chi connectivity index (χ4v) is 2.13. The first-order valence-electron chi connectivity index (χ1n) is 6.62. The van der Waals surface area contributed by atoms with E-state index in [0.717, 1.165) is 5.56 Å². The first-order valence-corrected chi connectivity index (χ1v) is 6.62. The predicted molar refractivity (Wildman–Crippen MR) is 74.3 cm³/mol. The zero-order chi connectivity index (χ0) is 14.5. The van der Waals surface area contributed by atoms with Gasteiger partial charge in [-0.1, -0.05) is 12.1 Å². The Labute approximate surface area is 117 Å². The number of nitrogens with one attached hydrogen (secondary N) is 2. The Morgan fingerprint density at radius 2 is 2.05 bits per heavy atom. The van der Waals surface area contributed by atoms with Crippen LogP contribution in [-0.4, -0.2) is 48.2 Å². The molecule has 0 aliphatic carbocycles. The monoisotopic (exact) mass is 277 g/mol. The number of carbonyl (C=O) groups is 2. The molecular weight excluding hydrogens is 258 g/mol. The predicted octanol–water partition coefficient (Wildman–Crippen LogP) is 0.322. The molecule has 0 bridgehead atoms. The van der Waals surface area contributed by atoms with Crippen LogP contribution in [0, 0.1) is 0 Å². The van der Waals surface area contributed by atoms with Gasteiger partial charge in [0.25, 0.3) is 5.91 Å². The molecule has 2 rings (SSSR count). The molecule has 6 heteroatoms. The Morgan fingerprint density at radius 1 is 1.35 bits per heavy atom. The average molecular weight is 277 g/mol. The minimum absolute atomic E-state index is 0.133. The third-order valence-corrected chi connectivity index (χ3v) is 3.34. The van der Waals surface area contributed by atoms with Crippen LogP contribution in [0.25, 0.3) is 0 Å². The lowest BCUT2D eigenvalue weighted by Crippen LogP contribution is -2.38. The summed E-state index contributed by atoms with van der Waals surface area (Å²) in [5, 5.41) is 14.7. The molecule has 20 heavy (non-hydrogen) atoms. The van der Waals surface area contributed by atoms with E-state index in [1.165, 1.54) is 0 Å². The van der Waals surface area contributed by atoms with E-state index < -0.39 is 6.10 Å². The van der Waals surface area contributed by atoms with Gasteiger partial charge in [0.1, 0.15) is 0 Å². The molecule has 0 radical (unpaired) electrons. The molecule has 1 aliphatic heterocycles. The van der Waals surface area contributed by atoms with Gasteiger partial charge in [-0.25, -0.2) is 4.79 Å². The van der Waals surface area contributed by atoms with Crippen molar-refractivity contribution >= 4 is 11.9 Å². The van der Waals surface area contributed by atoms with Gasteiger partial charge in [-0.3, -0.25) is 4.79 Å². The second-order valence-corrected chi connectivity index (χ2v) is 4.82. The molecule has 108 valence electrons. The summed E-state index contributed by atoms with van der Waals surface area (Å²) in [5.41, 5.74) is 1.51. The molecule has 1 heterocycles. The molecule has 1 atom stereocenters. The summed E-state index contributed by atoms with van der Waals surface area (Å²) in [7, 11) is 1.58. The Kier molecular flexibility index (Phi) is 4.57. The number of amides is 3. The van der Waals surface area contributed by atoms with Gasteiger partial charge in [0, 0.05) is 32.2 Å². The lowest BCUT2D eigenvalue weighted by atomic mass is 10.1. The van der Waals surface area contributed by atoms with Gasteiger partial charge >= 0.3 is 6.03 Å². The molecule has 0 saturated carbocycles. The van der Waals surface area contributed by atoms with E-state index in [9.17, 15) is 14.7 Å². The van der Waals surface area contributed by atoms with Gasteiger partial charge in [0.05, 0.1) is 6.10 Å². The highest BCUT2D eigenvalue weighted by atomic mass is 16.3. The minimum Gasteiger partial charge on any atom is -0.391 e. The van der Waals surface area contributed by atoms with Crippen LogP contribution < -0.4 is 10.6 Å². The minimum atomic E-state index is -0.410. The van der Waals surface area contributed by atoms with Crippen LogP contribution in [0.5, 0.6) is 0 Å². The molecule has 0 spiro atoms. The number of β-amino-alcohol motifs (C(OH)–C–C–N with tert-alkyl or cyclic N) is 1. The van der Waals surface area contributed by atoms with Gasteiger partial charge in [-0.15, -0.1) is 0 Å². The van der Waals surface area contributed by atoms with Crippen LogP contribution >= 0.6 is 0 Å². The molecule has 1 aromatic rings. The number of hydrogen-bond acceptors (Lipinski definition) is 3. The molecular formula is C14H19N3O3. The van der Waals surface area contributed by atoms with Crippen LogP contribution in [0.4, 0.5) is 4.79 Å². The zero-order valence-corrected chi connectivity index (χ0v) is 11.4. The number of benzene rings is 1. The summed E-state index contributed by atoms with van der Waals surface area (Å²) in [6.07, 6.45) is 0.224. The maximum absolute atomic E-state index is 11.8. The number of aliphatic hydroxyl groups is 1. The Hall–Kier alpha value is -2.08. The van der Waals surface area contributed by atoms with Crippen molar-refractivity contribution in [1.29, 1.82) is 0 Å². The van der Waals surface area contributed by atoms with E-state index in [0.29, 0.717) is 31.6 Å². The van der Waals surface area contributed by atoms with Crippen LogP contribution in [-0.2, 0) is 6.54 Å². The smallest absolute Gasteiger partial charge is 0.317 e. The van der Waals surface area contributed by atoms with E-state index in [1.807, 2.05) is 12.1 Å². The molecule has 3 amide bonds. The van der Waals surface area contributed by atoms with Crippen molar-refractivity contribution in [2.24, 2.45) is 0 Å². The highest BCUT2D eigenvalue weighted by Crippen LogP contribution is 2.09. The molecule has 1 aliphatic rings. The van der Waals surface area contributed by atoms with Crippen molar-refractivity contribution in [3.05, 3.63) is 35.4 Å². The second kappa shape index (κ2) is 6.38. The van der Waals surface area contributed by atoms with Crippen LogP contribution in [0.3, 0.4) is 0 Å². The number of rotatable bonds is 3. The topological polar surface area (TPSA) is 81.7 Å². The fraction of sp³-hybridized carbons (Fsp3) is 0.429. The Morgan fingerprint density at radius 3 is 2.60 bits per heavy atom. The molecule has 3 N–H and O–H groups in total. The van der Waals surface area contributed by atoms with Gasteiger partial charge < -0.3 is 20.6 Å². The quantitative estimate of drug-likeness (QED) is 0.744. The molecule has 6 nitrogen and oxygen atoms in total. The third kappa shape index (κ3) is 3.48. The van der Waals surface area contributed by atoms with Gasteiger partial charge in [-0.05, 0) is 24.1 Å².